The number of anilines is 1. The van der Waals surface area contributed by atoms with E-state index < -0.39 is 22.9 Å². The van der Waals surface area contributed by atoms with Gasteiger partial charge in [0.1, 0.15) is 6.10 Å². The van der Waals surface area contributed by atoms with Crippen LogP contribution < -0.4 is 19.5 Å². The molecule has 3 heterocycles. The van der Waals surface area contributed by atoms with Crippen LogP contribution in [-0.4, -0.2) is 49.2 Å². The van der Waals surface area contributed by atoms with E-state index in [4.69, 9.17) is 18.9 Å². The van der Waals surface area contributed by atoms with Gasteiger partial charge in [0, 0.05) is 41.1 Å². The second kappa shape index (κ2) is 9.03. The molecule has 6 rings (SSSR count). The Morgan fingerprint density at radius 2 is 1.95 bits per heavy atom. The predicted molar refractivity (Wildman–Crippen MR) is 134 cm³/mol. The summed E-state index contributed by atoms with van der Waals surface area (Å²) in [4.78, 5) is 38.2. The number of nitro benzene ring substituents is 1. The number of carbonyl (C=O) groups excluding carboxylic acids is 2. The number of hydrogen-bond donors (Lipinski definition) is 1. The number of esters is 1. The third-order valence-corrected chi connectivity index (χ3v) is 7.15. The average Bonchev–Trinajstić information content (AvgIpc) is 3.51. The molecule has 0 aliphatic carbocycles. The lowest BCUT2D eigenvalue weighted by Crippen LogP contribution is -2.36. The van der Waals surface area contributed by atoms with Gasteiger partial charge in [0.2, 0.25) is 12.5 Å². The Balaban J connectivity index is 1.31. The highest BCUT2D eigenvalue weighted by molar-refractivity contribution is 6.05. The number of rotatable bonds is 5. The van der Waals surface area contributed by atoms with E-state index >= 15 is 0 Å². The quantitative estimate of drug-likeness (QED) is 0.303. The van der Waals surface area contributed by atoms with Crippen molar-refractivity contribution in [2.75, 3.05) is 32.8 Å². The number of non-ortho nitro benzene ring substituents is 1. The predicted octanol–water partition coefficient (Wildman–Crippen LogP) is 4.03. The second-order valence-corrected chi connectivity index (χ2v) is 9.28. The van der Waals surface area contributed by atoms with Gasteiger partial charge in [-0.25, -0.2) is 4.79 Å². The molecular weight excluding hydrogens is 494 g/mol. The number of nitrogens with one attached hydrogen (secondary N) is 1. The van der Waals surface area contributed by atoms with E-state index in [-0.39, 0.29) is 24.1 Å². The summed E-state index contributed by atoms with van der Waals surface area (Å²) in [5.74, 6) is 0.811. The summed E-state index contributed by atoms with van der Waals surface area (Å²) in [6.07, 6.45) is 0.173. The molecule has 11 heteroatoms. The molecule has 3 aliphatic rings. The molecule has 38 heavy (non-hydrogen) atoms. The van der Waals surface area contributed by atoms with Gasteiger partial charge in [-0.05, 0) is 49.4 Å². The summed E-state index contributed by atoms with van der Waals surface area (Å²) in [6.45, 7) is 0.859. The number of methoxy groups -OCH3 is 1. The maximum atomic E-state index is 13.0. The summed E-state index contributed by atoms with van der Waals surface area (Å²) in [7, 11) is 3.56. The van der Waals surface area contributed by atoms with E-state index in [9.17, 15) is 19.7 Å². The summed E-state index contributed by atoms with van der Waals surface area (Å²) in [6, 6.07) is 12.0. The Kier molecular flexibility index (Phi) is 5.64. The smallest absolute Gasteiger partial charge is 0.339 e. The first-order chi connectivity index (χ1) is 18.4. The van der Waals surface area contributed by atoms with E-state index in [1.807, 2.05) is 13.1 Å². The van der Waals surface area contributed by atoms with Gasteiger partial charge < -0.3 is 24.3 Å². The Morgan fingerprint density at radius 1 is 1.16 bits per heavy atom. The SMILES string of the molecule is COc1c2c(cc3c1C(C1OC(=O)c4cc(NC(=O)c5ccc([N+](=O)[O-])cc5)ccc41)N(C)CC3)OCO2. The van der Waals surface area contributed by atoms with Gasteiger partial charge in [-0.1, -0.05) is 6.07 Å². The zero-order valence-electron chi connectivity index (χ0n) is 20.6. The van der Waals surface area contributed by atoms with Crippen LogP contribution in [0, 0.1) is 10.1 Å². The van der Waals surface area contributed by atoms with Crippen molar-refractivity contribution in [3.05, 3.63) is 86.5 Å². The van der Waals surface area contributed by atoms with Crippen molar-refractivity contribution in [2.24, 2.45) is 0 Å². The van der Waals surface area contributed by atoms with Crippen molar-refractivity contribution >= 4 is 23.3 Å². The zero-order chi connectivity index (χ0) is 26.6. The van der Waals surface area contributed by atoms with Gasteiger partial charge in [-0.2, -0.15) is 0 Å². The highest BCUT2D eigenvalue weighted by Crippen LogP contribution is 2.54. The number of hydrogen-bond acceptors (Lipinski definition) is 9. The van der Waals surface area contributed by atoms with Crippen molar-refractivity contribution < 1.29 is 33.5 Å². The van der Waals surface area contributed by atoms with E-state index in [0.29, 0.717) is 34.1 Å². The Labute approximate surface area is 217 Å². The fourth-order valence-corrected chi connectivity index (χ4v) is 5.32. The monoisotopic (exact) mass is 517 g/mol. The second-order valence-electron chi connectivity index (χ2n) is 9.28. The van der Waals surface area contributed by atoms with Gasteiger partial charge in [0.25, 0.3) is 11.6 Å². The highest BCUT2D eigenvalue weighted by atomic mass is 16.7. The minimum atomic E-state index is -0.602. The van der Waals surface area contributed by atoms with Gasteiger partial charge in [0.05, 0.1) is 23.6 Å². The first-order valence-electron chi connectivity index (χ1n) is 12.0. The molecule has 3 aromatic carbocycles. The van der Waals surface area contributed by atoms with Crippen molar-refractivity contribution in [3.8, 4) is 17.2 Å². The number of likely N-dealkylation sites (N-methyl/N-ethyl adjacent to an activating group) is 1. The molecule has 0 radical (unpaired) electrons. The summed E-state index contributed by atoms with van der Waals surface area (Å²) in [5, 5.41) is 13.6. The van der Waals surface area contributed by atoms with Crippen LogP contribution in [0.3, 0.4) is 0 Å². The molecule has 2 unspecified atom stereocenters. The number of benzene rings is 3. The highest BCUT2D eigenvalue weighted by Gasteiger charge is 2.44. The minimum absolute atomic E-state index is 0.109. The van der Waals surface area contributed by atoms with E-state index in [1.165, 1.54) is 24.3 Å². The zero-order valence-corrected chi connectivity index (χ0v) is 20.6. The number of cyclic esters (lactones) is 1. The summed E-state index contributed by atoms with van der Waals surface area (Å²) >= 11 is 0. The van der Waals surface area contributed by atoms with Gasteiger partial charge in [-0.15, -0.1) is 0 Å². The van der Waals surface area contributed by atoms with E-state index in [0.717, 1.165) is 24.1 Å². The molecule has 194 valence electrons. The number of carbonyl (C=O) groups is 2. The lowest BCUT2D eigenvalue weighted by molar-refractivity contribution is -0.384. The molecule has 0 aromatic heterocycles. The van der Waals surface area contributed by atoms with Crippen molar-refractivity contribution in [1.82, 2.24) is 4.90 Å². The van der Waals surface area contributed by atoms with Gasteiger partial charge >= 0.3 is 5.97 Å². The molecule has 11 nitrogen and oxygen atoms in total. The third kappa shape index (κ3) is 3.79. The van der Waals surface area contributed by atoms with Gasteiger partial charge in [0.15, 0.2) is 11.5 Å². The largest absolute Gasteiger partial charge is 0.492 e. The first kappa shape index (κ1) is 23.7. The maximum Gasteiger partial charge on any atom is 0.339 e. The van der Waals surface area contributed by atoms with Gasteiger partial charge in [-0.3, -0.25) is 19.8 Å². The average molecular weight is 517 g/mol. The number of nitro groups is 1. The fraction of sp³-hybridized carbons (Fsp3) is 0.259. The molecule has 0 saturated heterocycles. The van der Waals surface area contributed by atoms with Crippen LogP contribution >= 0.6 is 0 Å². The van der Waals surface area contributed by atoms with Crippen LogP contribution in [0.15, 0.2) is 48.5 Å². The standard InChI is InChI=1S/C27H23N3O8/c1-29-10-9-15-11-20-24(37-13-36-20)25(35-2)21(15)22(29)23-18-8-5-16(12-19(18)27(32)38-23)28-26(31)14-3-6-17(7-4-14)30(33)34/h3-8,11-12,22-23H,9-10,13H2,1-2H3,(H,28,31). The molecule has 2 atom stereocenters. The topological polar surface area (TPSA) is 129 Å². The Morgan fingerprint density at radius 3 is 2.68 bits per heavy atom. The molecule has 1 amide bonds. The summed E-state index contributed by atoms with van der Waals surface area (Å²) in [5.41, 5.74) is 3.55. The van der Waals surface area contributed by atoms with Crippen molar-refractivity contribution in [3.63, 3.8) is 0 Å². The molecule has 0 spiro atoms. The van der Waals surface area contributed by atoms with Crippen LogP contribution in [0.25, 0.3) is 0 Å². The Bertz CT molecular complexity index is 1490. The van der Waals surface area contributed by atoms with E-state index in [2.05, 4.69) is 10.2 Å². The first-order valence-corrected chi connectivity index (χ1v) is 12.0. The van der Waals surface area contributed by atoms with Crippen LogP contribution in [-0.2, 0) is 11.2 Å². The van der Waals surface area contributed by atoms with Crippen LogP contribution in [0.4, 0.5) is 11.4 Å². The molecule has 0 bridgehead atoms. The maximum absolute atomic E-state index is 13.0. The third-order valence-electron chi connectivity index (χ3n) is 7.15. The molecule has 3 aliphatic heterocycles. The number of amides is 1. The fourth-order valence-electron chi connectivity index (χ4n) is 5.32. The normalized spacial score (nSPS) is 19.4. The van der Waals surface area contributed by atoms with Crippen molar-refractivity contribution in [2.45, 2.75) is 18.6 Å². The van der Waals surface area contributed by atoms with Crippen LogP contribution in [0.5, 0.6) is 17.2 Å². The molecule has 3 aromatic rings. The minimum Gasteiger partial charge on any atom is -0.492 e. The molecule has 0 saturated carbocycles. The lowest BCUT2D eigenvalue weighted by Gasteiger charge is -2.38. The lowest BCUT2D eigenvalue weighted by atomic mass is 9.85. The molecular formula is C27H23N3O8. The Hall–Kier alpha value is -4.64. The summed E-state index contributed by atoms with van der Waals surface area (Å²) < 4.78 is 23.0. The van der Waals surface area contributed by atoms with Crippen LogP contribution in [0.1, 0.15) is 49.6 Å². The molecule has 0 fully saturated rings. The van der Waals surface area contributed by atoms with Crippen LogP contribution in [0.2, 0.25) is 0 Å². The number of fused-ring (bicyclic) bond motifs is 3. The number of ether oxygens (including phenoxy) is 4. The molecule has 1 N–H and O–H groups in total. The number of nitrogens with zero attached hydrogens (tertiary/aromatic N) is 2. The van der Waals surface area contributed by atoms with E-state index in [1.54, 1.807) is 25.3 Å². The van der Waals surface area contributed by atoms with Crippen molar-refractivity contribution in [1.29, 1.82) is 0 Å².